The van der Waals surface area contributed by atoms with Crippen molar-refractivity contribution in [2.24, 2.45) is 5.92 Å². The lowest BCUT2D eigenvalue weighted by atomic mass is 9.99. The van der Waals surface area contributed by atoms with Gasteiger partial charge in [-0.05, 0) is 24.1 Å². The highest BCUT2D eigenvalue weighted by Crippen LogP contribution is 2.21. The average Bonchev–Trinajstić information content (AvgIpc) is 2.48. The summed E-state index contributed by atoms with van der Waals surface area (Å²) in [6.45, 7) is 0. The topological polar surface area (TPSA) is 50.3 Å². The van der Waals surface area contributed by atoms with Gasteiger partial charge in [0, 0.05) is 25.9 Å². The van der Waals surface area contributed by atoms with E-state index in [2.05, 4.69) is 4.98 Å². The van der Waals surface area contributed by atoms with Crippen molar-refractivity contribution in [1.29, 1.82) is 0 Å². The summed E-state index contributed by atoms with van der Waals surface area (Å²) in [6, 6.07) is 3.74. The Morgan fingerprint density at radius 1 is 1.40 bits per heavy atom. The van der Waals surface area contributed by atoms with Crippen LogP contribution in [0.15, 0.2) is 24.5 Å². The lowest BCUT2D eigenvalue weighted by Gasteiger charge is -2.08. The molecule has 2 rings (SSSR count). The molecule has 1 aliphatic heterocycles. The third-order valence-electron chi connectivity index (χ3n) is 2.71. The van der Waals surface area contributed by atoms with E-state index in [0.717, 1.165) is 5.56 Å². The number of amides is 2. The van der Waals surface area contributed by atoms with E-state index in [-0.39, 0.29) is 17.7 Å². The summed E-state index contributed by atoms with van der Waals surface area (Å²) in [6.07, 6.45) is 4.34. The summed E-state index contributed by atoms with van der Waals surface area (Å²) in [5.41, 5.74) is 1.05. The molecule has 0 N–H and O–H groups in total. The van der Waals surface area contributed by atoms with Gasteiger partial charge in [0.1, 0.15) is 0 Å². The SMILES string of the molecule is CN1C(=O)CC(Cc2ccncc2)C1=O. The van der Waals surface area contributed by atoms with E-state index in [1.807, 2.05) is 12.1 Å². The monoisotopic (exact) mass is 204 g/mol. The van der Waals surface area contributed by atoms with Gasteiger partial charge in [0.15, 0.2) is 0 Å². The molecule has 2 amide bonds. The van der Waals surface area contributed by atoms with Gasteiger partial charge < -0.3 is 0 Å². The molecule has 1 aromatic heterocycles. The number of carbonyl (C=O) groups excluding carboxylic acids is 2. The lowest BCUT2D eigenvalue weighted by molar-refractivity contribution is -0.137. The third kappa shape index (κ3) is 1.88. The number of hydrogen-bond donors (Lipinski definition) is 0. The minimum atomic E-state index is -0.190. The molecule has 2 heterocycles. The van der Waals surface area contributed by atoms with Crippen LogP contribution in [0, 0.1) is 5.92 Å². The van der Waals surface area contributed by atoms with Crippen LogP contribution in [0.1, 0.15) is 12.0 Å². The van der Waals surface area contributed by atoms with Crippen molar-refractivity contribution in [3.63, 3.8) is 0 Å². The number of pyridine rings is 1. The molecule has 0 radical (unpaired) electrons. The number of carbonyl (C=O) groups is 2. The van der Waals surface area contributed by atoms with E-state index in [0.29, 0.717) is 12.8 Å². The Hall–Kier alpha value is -1.71. The van der Waals surface area contributed by atoms with E-state index in [1.165, 1.54) is 11.9 Å². The Morgan fingerprint density at radius 2 is 2.07 bits per heavy atom. The van der Waals surface area contributed by atoms with E-state index < -0.39 is 0 Å². The first-order chi connectivity index (χ1) is 7.18. The minimum Gasteiger partial charge on any atom is -0.285 e. The molecule has 0 saturated carbocycles. The molecule has 78 valence electrons. The van der Waals surface area contributed by atoms with Crippen molar-refractivity contribution in [2.75, 3.05) is 7.05 Å². The number of nitrogens with zero attached hydrogens (tertiary/aromatic N) is 2. The molecule has 0 spiro atoms. The second-order valence-electron chi connectivity index (χ2n) is 3.75. The number of imide groups is 1. The molecule has 0 aliphatic carbocycles. The Bertz CT molecular complexity index is 389. The zero-order chi connectivity index (χ0) is 10.8. The highest BCUT2D eigenvalue weighted by Gasteiger charge is 2.35. The average molecular weight is 204 g/mol. The fourth-order valence-electron chi connectivity index (χ4n) is 1.79. The second-order valence-corrected chi connectivity index (χ2v) is 3.75. The maximum atomic E-state index is 11.6. The van der Waals surface area contributed by atoms with Crippen molar-refractivity contribution < 1.29 is 9.59 Å². The van der Waals surface area contributed by atoms with E-state index in [9.17, 15) is 9.59 Å². The number of aromatic nitrogens is 1. The van der Waals surface area contributed by atoms with E-state index in [4.69, 9.17) is 0 Å². The van der Waals surface area contributed by atoms with Crippen molar-refractivity contribution in [3.05, 3.63) is 30.1 Å². The number of likely N-dealkylation sites (tertiary alicyclic amines) is 1. The molecular weight excluding hydrogens is 192 g/mol. The largest absolute Gasteiger partial charge is 0.285 e. The molecular formula is C11H12N2O2. The molecule has 1 unspecified atom stereocenters. The zero-order valence-electron chi connectivity index (χ0n) is 8.51. The first-order valence-corrected chi connectivity index (χ1v) is 4.88. The summed E-state index contributed by atoms with van der Waals surface area (Å²) in [4.78, 5) is 28.0. The van der Waals surface area contributed by atoms with Crippen molar-refractivity contribution in [1.82, 2.24) is 9.88 Å². The number of hydrogen-bond acceptors (Lipinski definition) is 3. The van der Waals surface area contributed by atoms with Crippen molar-refractivity contribution in [3.8, 4) is 0 Å². The Balaban J connectivity index is 2.09. The van der Waals surface area contributed by atoms with Crippen LogP contribution in [0.3, 0.4) is 0 Å². The summed E-state index contributed by atoms with van der Waals surface area (Å²) in [5.74, 6) is -0.347. The van der Waals surface area contributed by atoms with Crippen molar-refractivity contribution >= 4 is 11.8 Å². The van der Waals surface area contributed by atoms with Gasteiger partial charge >= 0.3 is 0 Å². The standard InChI is InChI=1S/C11H12N2O2/c1-13-10(14)7-9(11(13)15)6-8-2-4-12-5-3-8/h2-5,9H,6-7H2,1H3. The Morgan fingerprint density at radius 3 is 2.60 bits per heavy atom. The van der Waals surface area contributed by atoms with E-state index in [1.54, 1.807) is 12.4 Å². The predicted octanol–water partition coefficient (Wildman–Crippen LogP) is 0.629. The maximum Gasteiger partial charge on any atom is 0.232 e. The maximum absolute atomic E-state index is 11.6. The van der Waals surface area contributed by atoms with Crippen LogP contribution in [-0.2, 0) is 16.0 Å². The normalized spacial score (nSPS) is 21.1. The molecule has 0 aromatic carbocycles. The summed E-state index contributed by atoms with van der Waals surface area (Å²) < 4.78 is 0. The highest BCUT2D eigenvalue weighted by atomic mass is 16.2. The summed E-state index contributed by atoms with van der Waals surface area (Å²) >= 11 is 0. The van der Waals surface area contributed by atoms with Gasteiger partial charge in [-0.15, -0.1) is 0 Å². The van der Waals surface area contributed by atoms with Crippen LogP contribution in [0.25, 0.3) is 0 Å². The molecule has 15 heavy (non-hydrogen) atoms. The highest BCUT2D eigenvalue weighted by molar-refractivity contribution is 6.03. The molecule has 0 bridgehead atoms. The van der Waals surface area contributed by atoms with Gasteiger partial charge in [0.25, 0.3) is 0 Å². The molecule has 1 fully saturated rings. The third-order valence-corrected chi connectivity index (χ3v) is 2.71. The first kappa shape index (κ1) is 9.83. The van der Waals surface area contributed by atoms with Gasteiger partial charge in [-0.3, -0.25) is 19.5 Å². The van der Waals surface area contributed by atoms with Crippen LogP contribution >= 0.6 is 0 Å². The molecule has 1 atom stereocenters. The fourth-order valence-corrected chi connectivity index (χ4v) is 1.79. The van der Waals surface area contributed by atoms with Gasteiger partial charge in [0.05, 0.1) is 5.92 Å². The second kappa shape index (κ2) is 3.81. The Labute approximate surface area is 87.9 Å². The summed E-state index contributed by atoms with van der Waals surface area (Å²) in [7, 11) is 1.54. The minimum absolute atomic E-state index is 0.0724. The van der Waals surface area contributed by atoms with Gasteiger partial charge in [-0.2, -0.15) is 0 Å². The Kier molecular flexibility index (Phi) is 2.49. The smallest absolute Gasteiger partial charge is 0.232 e. The van der Waals surface area contributed by atoms with Gasteiger partial charge in [-0.1, -0.05) is 0 Å². The van der Waals surface area contributed by atoms with Crippen molar-refractivity contribution in [2.45, 2.75) is 12.8 Å². The quantitative estimate of drug-likeness (QED) is 0.664. The van der Waals surface area contributed by atoms with Crippen LogP contribution in [0.5, 0.6) is 0 Å². The number of rotatable bonds is 2. The van der Waals surface area contributed by atoms with Crippen LogP contribution < -0.4 is 0 Å². The fraction of sp³-hybridized carbons (Fsp3) is 0.364. The first-order valence-electron chi connectivity index (χ1n) is 4.88. The van der Waals surface area contributed by atoms with E-state index >= 15 is 0 Å². The molecule has 4 heteroatoms. The molecule has 1 saturated heterocycles. The van der Waals surface area contributed by atoms with Crippen LogP contribution in [0.4, 0.5) is 0 Å². The molecule has 4 nitrogen and oxygen atoms in total. The van der Waals surface area contributed by atoms with Crippen LogP contribution in [0.2, 0.25) is 0 Å². The summed E-state index contributed by atoms with van der Waals surface area (Å²) in [5, 5.41) is 0. The van der Waals surface area contributed by atoms with Gasteiger partial charge in [0.2, 0.25) is 11.8 Å². The predicted molar refractivity (Wildman–Crippen MR) is 53.8 cm³/mol. The van der Waals surface area contributed by atoms with Gasteiger partial charge in [-0.25, -0.2) is 0 Å². The molecule has 1 aromatic rings. The zero-order valence-corrected chi connectivity index (χ0v) is 8.51. The lowest BCUT2D eigenvalue weighted by Crippen LogP contribution is -2.26. The van der Waals surface area contributed by atoms with Crippen LogP contribution in [-0.4, -0.2) is 28.7 Å². The molecule has 1 aliphatic rings.